The van der Waals surface area contributed by atoms with E-state index < -0.39 is 0 Å². The summed E-state index contributed by atoms with van der Waals surface area (Å²) in [5.74, 6) is 0.917. The molecule has 0 saturated carbocycles. The maximum Gasteiger partial charge on any atom is 0.228 e. The van der Waals surface area contributed by atoms with Crippen LogP contribution in [0.15, 0.2) is 95.5 Å². The number of phenols is 1. The largest absolute Gasteiger partial charge is 0.506 e. The Labute approximate surface area is 229 Å². The van der Waals surface area contributed by atoms with Crippen molar-refractivity contribution < 1.29 is 9.52 Å². The fourth-order valence-electron chi connectivity index (χ4n) is 5.79. The second kappa shape index (κ2) is 7.93. The molecule has 40 heavy (non-hydrogen) atoms. The lowest BCUT2D eigenvalue weighted by atomic mass is 9.86. The van der Waals surface area contributed by atoms with Crippen molar-refractivity contribution in [2.24, 2.45) is 0 Å². The highest BCUT2D eigenvalue weighted by Crippen LogP contribution is 2.40. The Bertz CT molecular complexity index is 2280. The number of aromatic nitrogens is 5. The van der Waals surface area contributed by atoms with E-state index in [0.29, 0.717) is 11.4 Å². The Morgan fingerprint density at radius 3 is 2.38 bits per heavy atom. The van der Waals surface area contributed by atoms with Crippen molar-refractivity contribution in [2.45, 2.75) is 26.2 Å². The summed E-state index contributed by atoms with van der Waals surface area (Å²) in [6, 6.07) is 27.8. The summed E-state index contributed by atoms with van der Waals surface area (Å²) < 4.78 is 10.4. The monoisotopic (exact) mass is 523 g/mol. The highest BCUT2D eigenvalue weighted by Gasteiger charge is 2.26. The predicted octanol–water partition coefficient (Wildman–Crippen LogP) is 7.79. The normalized spacial score (nSPS) is 12.5. The first-order valence-electron chi connectivity index (χ1n) is 13.3. The molecule has 8 aromatic rings. The van der Waals surface area contributed by atoms with Crippen LogP contribution in [0.2, 0.25) is 0 Å². The molecule has 0 unspecified atom stereocenters. The third-order valence-electron chi connectivity index (χ3n) is 7.64. The van der Waals surface area contributed by atoms with E-state index in [0.717, 1.165) is 61.2 Å². The summed E-state index contributed by atoms with van der Waals surface area (Å²) in [6.45, 7) is 6.54. The molecule has 5 aromatic heterocycles. The van der Waals surface area contributed by atoms with Crippen LogP contribution in [-0.4, -0.2) is 29.0 Å². The van der Waals surface area contributed by atoms with Crippen molar-refractivity contribution in [1.82, 2.24) is 23.9 Å². The molecule has 0 aliphatic rings. The number of aromatic hydroxyl groups is 1. The van der Waals surface area contributed by atoms with Crippen LogP contribution in [0.1, 0.15) is 26.3 Å². The molecule has 194 valence electrons. The van der Waals surface area contributed by atoms with Crippen LogP contribution in [0.5, 0.6) is 5.75 Å². The highest BCUT2D eigenvalue weighted by atomic mass is 16.3. The average Bonchev–Trinajstić information content (AvgIpc) is 3.61. The van der Waals surface area contributed by atoms with Gasteiger partial charge in [-0.2, -0.15) is 0 Å². The van der Waals surface area contributed by atoms with E-state index in [-0.39, 0.29) is 11.2 Å². The van der Waals surface area contributed by atoms with Gasteiger partial charge in [0.05, 0.1) is 33.3 Å². The molecule has 0 bridgehead atoms. The zero-order chi connectivity index (χ0) is 27.2. The number of nitrogens with zero attached hydrogens (tertiary/aromatic N) is 5. The van der Waals surface area contributed by atoms with Crippen molar-refractivity contribution in [3.63, 3.8) is 0 Å². The van der Waals surface area contributed by atoms with Gasteiger partial charge in [0.15, 0.2) is 5.58 Å². The van der Waals surface area contributed by atoms with Gasteiger partial charge in [-0.3, -0.25) is 8.97 Å². The molecule has 7 nitrogen and oxygen atoms in total. The summed E-state index contributed by atoms with van der Waals surface area (Å²) in [7, 11) is 0. The number of fused-ring (bicyclic) bond motifs is 8. The summed E-state index contributed by atoms with van der Waals surface area (Å²) in [5.41, 5.74) is 9.24. The molecule has 7 heteroatoms. The summed E-state index contributed by atoms with van der Waals surface area (Å²) in [4.78, 5) is 14.8. The van der Waals surface area contributed by atoms with Crippen molar-refractivity contribution in [2.75, 3.05) is 0 Å². The first-order valence-corrected chi connectivity index (χ1v) is 13.3. The number of para-hydroxylation sites is 5. The second-order valence-electron chi connectivity index (χ2n) is 11.2. The zero-order valence-electron chi connectivity index (χ0n) is 22.3. The molecule has 8 rings (SSSR count). The van der Waals surface area contributed by atoms with Crippen LogP contribution in [-0.2, 0) is 5.41 Å². The molecular weight excluding hydrogens is 498 g/mol. The number of rotatable bonds is 2. The highest BCUT2D eigenvalue weighted by molar-refractivity contribution is 6.05. The summed E-state index contributed by atoms with van der Waals surface area (Å²) in [6.07, 6.45) is 1.74. The van der Waals surface area contributed by atoms with Gasteiger partial charge in [-0.05, 0) is 53.9 Å². The Kier molecular flexibility index (Phi) is 4.51. The molecule has 3 aromatic carbocycles. The van der Waals surface area contributed by atoms with Gasteiger partial charge in [0.25, 0.3) is 0 Å². The van der Waals surface area contributed by atoms with Crippen LogP contribution in [0.4, 0.5) is 0 Å². The van der Waals surface area contributed by atoms with Gasteiger partial charge in [0.2, 0.25) is 11.5 Å². The van der Waals surface area contributed by atoms with Gasteiger partial charge < -0.3 is 9.52 Å². The van der Waals surface area contributed by atoms with E-state index in [1.165, 1.54) is 0 Å². The number of hydrogen-bond acceptors (Lipinski definition) is 5. The molecule has 0 radical (unpaired) electrons. The Morgan fingerprint density at radius 1 is 0.775 bits per heavy atom. The topological polar surface area (TPSA) is 81.4 Å². The molecule has 5 heterocycles. The van der Waals surface area contributed by atoms with Gasteiger partial charge in [0.1, 0.15) is 16.8 Å². The molecule has 0 fully saturated rings. The average molecular weight is 524 g/mol. The Morgan fingerprint density at radius 2 is 1.55 bits per heavy atom. The zero-order valence-corrected chi connectivity index (χ0v) is 22.3. The fourth-order valence-corrected chi connectivity index (χ4v) is 5.79. The maximum atomic E-state index is 10.8. The standard InChI is InChI=1S/C33H25N5O2/c1-33(2,3)21-18-22(35-29-20-11-9-17-34-31(20)40-30(21)29)19-10-8-15-26-28(19)36-32-37(25-14-6-7-16-27(25)39)23-12-4-5-13-24(23)38(26)32/h4-18,39H,1-3H3. The van der Waals surface area contributed by atoms with Crippen molar-refractivity contribution in [1.29, 1.82) is 0 Å². The van der Waals surface area contributed by atoms with Crippen molar-refractivity contribution in [3.05, 3.63) is 96.7 Å². The van der Waals surface area contributed by atoms with Crippen molar-refractivity contribution in [3.8, 4) is 22.7 Å². The quantitative estimate of drug-likeness (QED) is 0.250. The lowest BCUT2D eigenvalue weighted by molar-refractivity contribution is 0.473. The Balaban J connectivity index is 1.49. The van der Waals surface area contributed by atoms with E-state index in [4.69, 9.17) is 14.4 Å². The third-order valence-corrected chi connectivity index (χ3v) is 7.64. The van der Waals surface area contributed by atoms with Crippen LogP contribution < -0.4 is 0 Å². The molecule has 0 amide bonds. The number of hydrogen-bond donors (Lipinski definition) is 1. The minimum absolute atomic E-state index is 0.186. The maximum absolute atomic E-state index is 10.8. The molecule has 0 aliphatic heterocycles. The molecule has 0 spiro atoms. The first kappa shape index (κ1) is 22.8. The SMILES string of the molecule is CC(C)(C)c1cc(-c2cccc3c2nc2n(-c4ccccc4O)c4ccccc4n32)nc2c1oc1ncccc12. The number of furan rings is 1. The predicted molar refractivity (Wildman–Crippen MR) is 158 cm³/mol. The number of pyridine rings is 2. The number of benzene rings is 3. The second-order valence-corrected chi connectivity index (χ2v) is 11.2. The van der Waals surface area contributed by atoms with Crippen molar-refractivity contribution >= 4 is 50.0 Å². The lowest BCUT2D eigenvalue weighted by Gasteiger charge is -2.20. The fraction of sp³-hybridized carbons (Fsp3) is 0.121. The van der Waals surface area contributed by atoms with E-state index in [9.17, 15) is 5.11 Å². The number of phenolic OH excluding ortho intramolecular Hbond substituents is 1. The van der Waals surface area contributed by atoms with Gasteiger partial charge in [-0.15, -0.1) is 0 Å². The first-order chi connectivity index (χ1) is 19.4. The molecule has 0 aliphatic carbocycles. The smallest absolute Gasteiger partial charge is 0.228 e. The Hall–Kier alpha value is -5.17. The minimum atomic E-state index is -0.186. The lowest BCUT2D eigenvalue weighted by Crippen LogP contribution is -2.12. The summed E-state index contributed by atoms with van der Waals surface area (Å²) in [5, 5.41) is 11.7. The van der Waals surface area contributed by atoms with Crippen LogP contribution in [0.3, 0.4) is 0 Å². The third kappa shape index (κ3) is 3.09. The van der Waals surface area contributed by atoms with E-state index in [1.54, 1.807) is 12.3 Å². The van der Waals surface area contributed by atoms with Gasteiger partial charge >= 0.3 is 0 Å². The minimum Gasteiger partial charge on any atom is -0.506 e. The van der Waals surface area contributed by atoms with Gasteiger partial charge in [0, 0.05) is 17.3 Å². The van der Waals surface area contributed by atoms with E-state index in [2.05, 4.69) is 66.6 Å². The van der Waals surface area contributed by atoms with Crippen LogP contribution in [0, 0.1) is 0 Å². The number of imidazole rings is 2. The van der Waals surface area contributed by atoms with E-state index in [1.807, 2.05) is 47.0 Å². The summed E-state index contributed by atoms with van der Waals surface area (Å²) >= 11 is 0. The van der Waals surface area contributed by atoms with Gasteiger partial charge in [-0.1, -0.05) is 57.2 Å². The molecule has 1 N–H and O–H groups in total. The molecule has 0 saturated heterocycles. The van der Waals surface area contributed by atoms with Crippen LogP contribution in [0.25, 0.3) is 67.0 Å². The van der Waals surface area contributed by atoms with Crippen LogP contribution >= 0.6 is 0 Å². The van der Waals surface area contributed by atoms with E-state index >= 15 is 0 Å². The van der Waals surface area contributed by atoms with Gasteiger partial charge in [-0.25, -0.2) is 15.0 Å². The molecule has 0 atom stereocenters. The molecular formula is C33H25N5O2.